The summed E-state index contributed by atoms with van der Waals surface area (Å²) in [5.41, 5.74) is -0.462. The van der Waals surface area contributed by atoms with Crippen molar-refractivity contribution in [2.45, 2.75) is 46.1 Å². The lowest BCUT2D eigenvalue weighted by Crippen LogP contribution is -2.51. The molecule has 10 heteroatoms. The summed E-state index contributed by atoms with van der Waals surface area (Å²) in [5, 5.41) is 6.49. The molecule has 0 spiro atoms. The summed E-state index contributed by atoms with van der Waals surface area (Å²) in [6, 6.07) is 0. The van der Waals surface area contributed by atoms with Gasteiger partial charge in [0.15, 0.2) is 5.96 Å². The maximum atomic E-state index is 12.2. The number of hydrogen-bond donors (Lipinski definition) is 2. The van der Waals surface area contributed by atoms with Crippen LogP contribution in [0.15, 0.2) is 4.99 Å². The second-order valence-electron chi connectivity index (χ2n) is 8.52. The quantitative estimate of drug-likeness (QED) is 0.302. The molecule has 2 fully saturated rings. The Hall–Kier alpha value is -1.30. The fraction of sp³-hybridized carbons (Fsp3) is 0.850. The molecule has 2 heterocycles. The standard InChI is InChI=1S/C20H38N6O3.HI/c1-5-21-18(23-16-17(27)25-9-6-7-10-25)22-8-11-24-12-14-26(15-13-24)19(28)29-20(2,3)4;/h5-16H2,1-4H3,(H2,21,22,23);1H. The number of hydrogen-bond acceptors (Lipinski definition) is 5. The number of amides is 2. The molecule has 0 bridgehead atoms. The van der Waals surface area contributed by atoms with Crippen molar-refractivity contribution in [3.63, 3.8) is 0 Å². The molecule has 30 heavy (non-hydrogen) atoms. The van der Waals surface area contributed by atoms with Gasteiger partial charge in [-0.3, -0.25) is 9.69 Å². The van der Waals surface area contributed by atoms with Gasteiger partial charge >= 0.3 is 6.09 Å². The Kier molecular flexibility index (Phi) is 11.7. The van der Waals surface area contributed by atoms with E-state index in [1.54, 1.807) is 4.90 Å². The Balaban J connectivity index is 0.00000450. The van der Waals surface area contributed by atoms with Gasteiger partial charge in [0.25, 0.3) is 0 Å². The average Bonchev–Trinajstić information content (AvgIpc) is 3.20. The number of guanidine groups is 1. The lowest BCUT2D eigenvalue weighted by molar-refractivity contribution is -0.128. The molecule has 0 aromatic rings. The molecule has 0 aromatic carbocycles. The normalized spacial score (nSPS) is 18.1. The van der Waals surface area contributed by atoms with E-state index in [0.717, 1.165) is 58.7 Å². The van der Waals surface area contributed by atoms with Crippen LogP contribution in [0.4, 0.5) is 4.79 Å². The number of likely N-dealkylation sites (tertiary alicyclic amines) is 1. The van der Waals surface area contributed by atoms with Gasteiger partial charge < -0.3 is 25.2 Å². The summed E-state index contributed by atoms with van der Waals surface area (Å²) >= 11 is 0. The first-order chi connectivity index (χ1) is 13.8. The lowest BCUT2D eigenvalue weighted by Gasteiger charge is -2.35. The number of halogens is 1. The van der Waals surface area contributed by atoms with Crippen molar-refractivity contribution in [1.29, 1.82) is 0 Å². The van der Waals surface area contributed by atoms with E-state index in [9.17, 15) is 9.59 Å². The predicted octanol–water partition coefficient (Wildman–Crippen LogP) is 1.33. The van der Waals surface area contributed by atoms with Gasteiger partial charge in [0.2, 0.25) is 5.91 Å². The first-order valence-corrected chi connectivity index (χ1v) is 10.8. The van der Waals surface area contributed by atoms with Gasteiger partial charge in [0.05, 0.1) is 0 Å². The fourth-order valence-electron chi connectivity index (χ4n) is 3.37. The Bertz CT molecular complexity index is 567. The highest BCUT2D eigenvalue weighted by atomic mass is 127. The molecule has 0 unspecified atom stereocenters. The summed E-state index contributed by atoms with van der Waals surface area (Å²) in [5.74, 6) is 0.769. The number of nitrogens with one attached hydrogen (secondary N) is 2. The van der Waals surface area contributed by atoms with Crippen molar-refractivity contribution in [2.75, 3.05) is 65.4 Å². The molecule has 0 saturated carbocycles. The van der Waals surface area contributed by atoms with E-state index in [2.05, 4.69) is 20.5 Å². The molecule has 2 aliphatic heterocycles. The van der Waals surface area contributed by atoms with Crippen molar-refractivity contribution in [1.82, 2.24) is 25.3 Å². The maximum Gasteiger partial charge on any atom is 0.410 e. The maximum absolute atomic E-state index is 12.2. The Labute approximate surface area is 198 Å². The SMILES string of the molecule is CCNC(=NCC(=O)N1CCCC1)NCCN1CCN(C(=O)OC(C)(C)C)CC1.I. The number of carbonyl (C=O) groups is 2. The number of nitrogens with zero attached hydrogens (tertiary/aromatic N) is 4. The third-order valence-electron chi connectivity index (χ3n) is 4.92. The van der Waals surface area contributed by atoms with E-state index in [4.69, 9.17) is 4.74 Å². The van der Waals surface area contributed by atoms with Crippen LogP contribution in [0.25, 0.3) is 0 Å². The highest BCUT2D eigenvalue weighted by Crippen LogP contribution is 2.11. The lowest BCUT2D eigenvalue weighted by atomic mass is 10.2. The summed E-state index contributed by atoms with van der Waals surface area (Å²) < 4.78 is 5.44. The van der Waals surface area contributed by atoms with Crippen LogP contribution in [0, 0.1) is 0 Å². The summed E-state index contributed by atoms with van der Waals surface area (Å²) in [6.07, 6.45) is 1.95. The molecule has 2 aliphatic rings. The van der Waals surface area contributed by atoms with Crippen LogP contribution in [0.3, 0.4) is 0 Å². The molecule has 9 nitrogen and oxygen atoms in total. The van der Waals surface area contributed by atoms with Crippen LogP contribution in [-0.4, -0.2) is 104 Å². The first-order valence-electron chi connectivity index (χ1n) is 10.8. The molecule has 174 valence electrons. The monoisotopic (exact) mass is 538 g/mol. The van der Waals surface area contributed by atoms with E-state index >= 15 is 0 Å². The van der Waals surface area contributed by atoms with Crippen LogP contribution in [0.5, 0.6) is 0 Å². The van der Waals surface area contributed by atoms with Crippen LogP contribution in [-0.2, 0) is 9.53 Å². The molecule has 2 rings (SSSR count). The van der Waals surface area contributed by atoms with Crippen molar-refractivity contribution < 1.29 is 14.3 Å². The van der Waals surface area contributed by atoms with Gasteiger partial charge in [-0.1, -0.05) is 0 Å². The van der Waals surface area contributed by atoms with Crippen molar-refractivity contribution in [3.05, 3.63) is 0 Å². The van der Waals surface area contributed by atoms with Crippen molar-refractivity contribution >= 4 is 41.9 Å². The summed E-state index contributed by atoms with van der Waals surface area (Å²) in [7, 11) is 0. The molecule has 0 aliphatic carbocycles. The minimum absolute atomic E-state index is 0. The predicted molar refractivity (Wildman–Crippen MR) is 129 cm³/mol. The van der Waals surface area contributed by atoms with Crippen molar-refractivity contribution in [3.8, 4) is 0 Å². The van der Waals surface area contributed by atoms with Gasteiger partial charge in [0.1, 0.15) is 12.1 Å². The van der Waals surface area contributed by atoms with Crippen LogP contribution in [0.1, 0.15) is 40.5 Å². The Morgan fingerprint density at radius 1 is 0.967 bits per heavy atom. The molecule has 0 atom stereocenters. The molecule has 2 saturated heterocycles. The van der Waals surface area contributed by atoms with E-state index in [1.165, 1.54) is 0 Å². The zero-order chi connectivity index (χ0) is 21.3. The first kappa shape index (κ1) is 26.7. The second-order valence-corrected chi connectivity index (χ2v) is 8.52. The van der Waals surface area contributed by atoms with Gasteiger partial charge in [-0.25, -0.2) is 9.79 Å². The zero-order valence-electron chi connectivity index (χ0n) is 18.9. The fourth-order valence-corrected chi connectivity index (χ4v) is 3.37. The molecular weight excluding hydrogens is 499 g/mol. The number of aliphatic imine (C=N–C) groups is 1. The summed E-state index contributed by atoms with van der Waals surface area (Å²) in [4.78, 5) is 34.7. The number of piperazine rings is 1. The van der Waals surface area contributed by atoms with E-state index < -0.39 is 5.60 Å². The highest BCUT2D eigenvalue weighted by Gasteiger charge is 2.25. The molecule has 2 N–H and O–H groups in total. The van der Waals surface area contributed by atoms with Crippen molar-refractivity contribution in [2.24, 2.45) is 4.99 Å². The second kappa shape index (κ2) is 13.2. The molecular formula is C20H39IN6O3. The minimum atomic E-state index is -0.462. The molecule has 0 aromatic heterocycles. The highest BCUT2D eigenvalue weighted by molar-refractivity contribution is 14.0. The zero-order valence-corrected chi connectivity index (χ0v) is 21.2. The smallest absolute Gasteiger partial charge is 0.410 e. The van der Waals surface area contributed by atoms with Gasteiger partial charge in [-0.15, -0.1) is 24.0 Å². The Morgan fingerprint density at radius 3 is 2.17 bits per heavy atom. The van der Waals surface area contributed by atoms with Crippen LogP contribution in [0.2, 0.25) is 0 Å². The number of carbonyl (C=O) groups excluding carboxylic acids is 2. The van der Waals surface area contributed by atoms with E-state index in [1.807, 2.05) is 32.6 Å². The molecule has 2 amide bonds. The number of ether oxygens (including phenoxy) is 1. The van der Waals surface area contributed by atoms with Crippen LogP contribution >= 0.6 is 24.0 Å². The van der Waals surface area contributed by atoms with Crippen LogP contribution < -0.4 is 10.6 Å². The van der Waals surface area contributed by atoms with Gasteiger partial charge in [-0.05, 0) is 40.5 Å². The molecule has 0 radical (unpaired) electrons. The third kappa shape index (κ3) is 9.67. The number of rotatable bonds is 6. The summed E-state index contributed by atoms with van der Waals surface area (Å²) in [6.45, 7) is 14.9. The van der Waals surface area contributed by atoms with Gasteiger partial charge in [0, 0.05) is 58.9 Å². The van der Waals surface area contributed by atoms with E-state index in [0.29, 0.717) is 19.0 Å². The third-order valence-corrected chi connectivity index (χ3v) is 4.92. The Morgan fingerprint density at radius 2 is 1.60 bits per heavy atom. The minimum Gasteiger partial charge on any atom is -0.444 e. The largest absolute Gasteiger partial charge is 0.444 e. The van der Waals surface area contributed by atoms with Gasteiger partial charge in [-0.2, -0.15) is 0 Å². The topological polar surface area (TPSA) is 89.5 Å². The average molecular weight is 538 g/mol. The van der Waals surface area contributed by atoms with E-state index in [-0.39, 0.29) is 42.5 Å².